The Hall–Kier alpha value is -3.44. The molecule has 1 atom stereocenters. The molecule has 0 radical (unpaired) electrons. The number of hydrogen-bond donors (Lipinski definition) is 3. The fraction of sp³-hybridized carbons (Fsp3) is 0.231. The molecule has 0 bridgehead atoms. The molecule has 2 aromatic carbocycles. The van der Waals surface area contributed by atoms with Crippen molar-refractivity contribution in [3.8, 4) is 0 Å². The first-order chi connectivity index (χ1) is 17.7. The van der Waals surface area contributed by atoms with Crippen LogP contribution in [0.5, 0.6) is 0 Å². The lowest BCUT2D eigenvalue weighted by Gasteiger charge is -2.29. The van der Waals surface area contributed by atoms with E-state index in [-0.39, 0.29) is 18.1 Å². The summed E-state index contributed by atoms with van der Waals surface area (Å²) in [7, 11) is 3.94. The minimum absolute atomic E-state index is 0.140. The number of rotatable bonds is 8. The average molecular weight is 630 g/mol. The molecule has 0 fully saturated rings. The molecule has 0 saturated heterocycles. The van der Waals surface area contributed by atoms with Gasteiger partial charge in [0.1, 0.15) is 11.5 Å². The minimum Gasteiger partial charge on any atom is -0.463 e. The number of hydrogen-bond acceptors (Lipinski definition) is 8. The number of ether oxygens (including phenoxy) is 1. The lowest BCUT2D eigenvalue weighted by molar-refractivity contribution is -0.138. The predicted octanol–water partition coefficient (Wildman–Crippen LogP) is 4.79. The zero-order valence-corrected chi connectivity index (χ0v) is 23.9. The van der Waals surface area contributed by atoms with Crippen molar-refractivity contribution >= 4 is 59.7 Å². The number of esters is 1. The van der Waals surface area contributed by atoms with E-state index in [4.69, 9.17) is 4.74 Å². The first kappa shape index (κ1) is 26.6. The molecule has 3 aromatic rings. The number of halogens is 2. The molecule has 4 rings (SSSR count). The number of aromatic amines is 1. The number of carbonyl (C=O) groups is 2. The lowest BCUT2D eigenvalue weighted by atomic mass is 9.82. The van der Waals surface area contributed by atoms with Crippen LogP contribution in [0.1, 0.15) is 35.2 Å². The summed E-state index contributed by atoms with van der Waals surface area (Å²) in [5.74, 6) is -0.155. The molecule has 1 unspecified atom stereocenters. The van der Waals surface area contributed by atoms with Crippen LogP contribution in [0.3, 0.4) is 0 Å². The maximum atomic E-state index is 13.4. The van der Waals surface area contributed by atoms with Gasteiger partial charge in [-0.05, 0) is 59.6 Å². The molecule has 0 amide bonds. The maximum Gasteiger partial charge on any atom is 0.338 e. The van der Waals surface area contributed by atoms with Crippen molar-refractivity contribution < 1.29 is 14.3 Å². The summed E-state index contributed by atoms with van der Waals surface area (Å²) >= 11 is 6.41. The topological polar surface area (TPSA) is 112 Å². The summed E-state index contributed by atoms with van der Waals surface area (Å²) in [6, 6.07) is 15.1. The highest BCUT2D eigenvalue weighted by molar-refractivity contribution is 9.19. The molecule has 0 saturated carbocycles. The smallest absolute Gasteiger partial charge is 0.338 e. The van der Waals surface area contributed by atoms with Gasteiger partial charge in [-0.2, -0.15) is 10.2 Å². The molecule has 2 heterocycles. The second kappa shape index (κ2) is 11.3. The third kappa shape index (κ3) is 5.62. The summed E-state index contributed by atoms with van der Waals surface area (Å²) in [6.07, 6.45) is 0. The summed E-state index contributed by atoms with van der Waals surface area (Å²) in [5.41, 5.74) is 7.55. The fourth-order valence-electron chi connectivity index (χ4n) is 4.12. The Kier molecular flexibility index (Phi) is 8.13. The van der Waals surface area contributed by atoms with Crippen molar-refractivity contribution in [3.63, 3.8) is 0 Å². The summed E-state index contributed by atoms with van der Waals surface area (Å²) in [5, 5.41) is 14.9. The summed E-state index contributed by atoms with van der Waals surface area (Å²) in [6.45, 7) is 3.86. The Morgan fingerprint density at radius 3 is 2.41 bits per heavy atom. The Morgan fingerprint density at radius 1 is 1.14 bits per heavy atom. The Labute approximate surface area is 231 Å². The Morgan fingerprint density at radius 2 is 1.81 bits per heavy atom. The Bertz CT molecular complexity index is 1380. The second-order valence-corrected chi connectivity index (χ2v) is 10.2. The van der Waals surface area contributed by atoms with E-state index in [1.54, 1.807) is 19.1 Å². The maximum absolute atomic E-state index is 13.4. The molecule has 1 aliphatic rings. The van der Waals surface area contributed by atoms with Gasteiger partial charge in [0.2, 0.25) is 4.69 Å². The third-order valence-corrected chi connectivity index (χ3v) is 6.81. The van der Waals surface area contributed by atoms with E-state index >= 15 is 0 Å². The van der Waals surface area contributed by atoms with E-state index in [0.717, 1.165) is 27.0 Å². The lowest BCUT2D eigenvalue weighted by Crippen LogP contribution is -2.31. The molecule has 3 N–H and O–H groups in total. The standard InChI is InChI=1S/C26H26Br2N6O3/c1-5-37-26(36)21-20(15-8-12-18(13-9-15)34(3)4)19-14(2)30-32-24(19)29-25(21)33-31-22(23(28)35)16-6-10-17(27)11-7-16/h6-13,20,33H,5H2,1-4H3,(H2,29,30,32)/b31-22+. The van der Waals surface area contributed by atoms with Gasteiger partial charge < -0.3 is 15.0 Å². The number of anilines is 2. The van der Waals surface area contributed by atoms with Crippen LogP contribution >= 0.6 is 31.9 Å². The number of H-pyrrole nitrogens is 1. The molecule has 1 aromatic heterocycles. The van der Waals surface area contributed by atoms with Crippen LogP contribution in [0.25, 0.3) is 0 Å². The monoisotopic (exact) mass is 628 g/mol. The average Bonchev–Trinajstić information content (AvgIpc) is 3.24. The predicted molar refractivity (Wildman–Crippen MR) is 151 cm³/mol. The van der Waals surface area contributed by atoms with Gasteiger partial charge in [0, 0.05) is 41.1 Å². The van der Waals surface area contributed by atoms with Gasteiger partial charge in [0.25, 0.3) is 0 Å². The van der Waals surface area contributed by atoms with Gasteiger partial charge in [-0.15, -0.1) is 0 Å². The number of benzene rings is 2. The zero-order valence-electron chi connectivity index (χ0n) is 20.7. The largest absolute Gasteiger partial charge is 0.463 e. The van der Waals surface area contributed by atoms with Crippen LogP contribution < -0.4 is 15.6 Å². The van der Waals surface area contributed by atoms with Gasteiger partial charge in [0.15, 0.2) is 5.82 Å². The Balaban J connectivity index is 1.85. The number of hydrazone groups is 1. The number of aryl methyl sites for hydroxylation is 1. The number of aromatic nitrogens is 2. The second-order valence-electron chi connectivity index (χ2n) is 8.52. The molecular weight excluding hydrogens is 604 g/mol. The number of nitrogens with zero attached hydrogens (tertiary/aromatic N) is 3. The van der Waals surface area contributed by atoms with E-state index in [1.165, 1.54) is 0 Å². The molecule has 37 heavy (non-hydrogen) atoms. The molecule has 0 aliphatic carbocycles. The first-order valence-corrected chi connectivity index (χ1v) is 13.1. The number of nitrogens with one attached hydrogen (secondary N) is 3. The molecule has 11 heteroatoms. The van der Waals surface area contributed by atoms with E-state index in [0.29, 0.717) is 17.0 Å². The molecule has 192 valence electrons. The van der Waals surface area contributed by atoms with Crippen molar-refractivity contribution in [1.82, 2.24) is 15.6 Å². The van der Waals surface area contributed by atoms with Gasteiger partial charge in [-0.3, -0.25) is 15.3 Å². The summed E-state index contributed by atoms with van der Waals surface area (Å²) in [4.78, 5) is 27.8. The van der Waals surface area contributed by atoms with Crippen molar-refractivity contribution in [1.29, 1.82) is 0 Å². The van der Waals surface area contributed by atoms with Crippen LogP contribution in [0.15, 0.2) is 69.5 Å². The van der Waals surface area contributed by atoms with Crippen LogP contribution in [0.4, 0.5) is 11.5 Å². The first-order valence-electron chi connectivity index (χ1n) is 11.5. The van der Waals surface area contributed by atoms with Gasteiger partial charge >= 0.3 is 5.97 Å². The molecule has 9 nitrogen and oxygen atoms in total. The van der Waals surface area contributed by atoms with E-state index < -0.39 is 16.6 Å². The van der Waals surface area contributed by atoms with Crippen LogP contribution in [0, 0.1) is 6.92 Å². The highest BCUT2D eigenvalue weighted by Crippen LogP contribution is 2.42. The molecule has 1 aliphatic heterocycles. The fourth-order valence-corrected chi connectivity index (χ4v) is 4.70. The highest BCUT2D eigenvalue weighted by atomic mass is 79.9. The number of fused-ring (bicyclic) bond motifs is 1. The SMILES string of the molecule is CCOC(=O)C1=C(N/N=C(/C(=O)Br)c2ccc(Br)cc2)Nc2n[nH]c(C)c2C1c1ccc(N(C)C)cc1. The highest BCUT2D eigenvalue weighted by Gasteiger charge is 2.37. The van der Waals surface area contributed by atoms with E-state index in [9.17, 15) is 9.59 Å². The van der Waals surface area contributed by atoms with Crippen molar-refractivity contribution in [2.24, 2.45) is 5.10 Å². The van der Waals surface area contributed by atoms with E-state index in [2.05, 4.69) is 57.9 Å². The van der Waals surface area contributed by atoms with Crippen molar-refractivity contribution in [3.05, 3.63) is 86.8 Å². The zero-order chi connectivity index (χ0) is 26.7. The third-order valence-electron chi connectivity index (χ3n) is 5.91. The summed E-state index contributed by atoms with van der Waals surface area (Å²) < 4.78 is 5.92. The quantitative estimate of drug-likeness (QED) is 0.142. The van der Waals surface area contributed by atoms with Crippen molar-refractivity contribution in [2.75, 3.05) is 30.9 Å². The number of carbonyl (C=O) groups excluding carboxylic acids is 2. The van der Waals surface area contributed by atoms with Gasteiger partial charge in [-0.25, -0.2) is 4.79 Å². The minimum atomic E-state index is -0.504. The van der Waals surface area contributed by atoms with Gasteiger partial charge in [-0.1, -0.05) is 40.2 Å². The van der Waals surface area contributed by atoms with Gasteiger partial charge in [0.05, 0.1) is 18.1 Å². The van der Waals surface area contributed by atoms with Crippen LogP contribution in [-0.4, -0.2) is 47.3 Å². The van der Waals surface area contributed by atoms with Crippen molar-refractivity contribution in [2.45, 2.75) is 19.8 Å². The molecule has 0 spiro atoms. The van der Waals surface area contributed by atoms with E-state index in [1.807, 2.05) is 62.3 Å². The van der Waals surface area contributed by atoms with Crippen LogP contribution in [-0.2, 0) is 14.3 Å². The van der Waals surface area contributed by atoms with Crippen LogP contribution in [0.2, 0.25) is 0 Å². The molecular formula is C26H26Br2N6O3. The normalized spacial score (nSPS) is 15.1.